The van der Waals surface area contributed by atoms with Gasteiger partial charge in [-0.15, -0.1) is 0 Å². The van der Waals surface area contributed by atoms with Crippen molar-refractivity contribution in [2.75, 3.05) is 30.4 Å². The Kier molecular flexibility index (Phi) is 6.09. The number of ether oxygens (including phenoxy) is 1. The molecule has 0 unspecified atom stereocenters. The van der Waals surface area contributed by atoms with Crippen molar-refractivity contribution in [3.63, 3.8) is 0 Å². The van der Waals surface area contributed by atoms with Gasteiger partial charge in [-0.1, -0.05) is 29.8 Å². The van der Waals surface area contributed by atoms with E-state index in [0.717, 1.165) is 18.4 Å². The summed E-state index contributed by atoms with van der Waals surface area (Å²) < 4.78 is 5.04. The molecule has 2 aromatic rings. The molecule has 168 valence electrons. The molecule has 4 amide bonds. The first-order valence-corrected chi connectivity index (χ1v) is 10.5. The Bertz CT molecular complexity index is 1070. The molecular weight excluding hydrogens is 436 g/mol. The quantitative estimate of drug-likeness (QED) is 0.552. The number of fused-ring (bicyclic) bond motifs is 1. The van der Waals surface area contributed by atoms with Crippen molar-refractivity contribution in [3.05, 3.63) is 47.0 Å². The number of para-hydroxylation sites is 1. The lowest BCUT2D eigenvalue weighted by atomic mass is 10.1. The summed E-state index contributed by atoms with van der Waals surface area (Å²) in [5.41, 5.74) is 1.53. The summed E-state index contributed by atoms with van der Waals surface area (Å²) in [6, 6.07) is 9.64. The molecular formula is C22H23ClN4O5. The van der Waals surface area contributed by atoms with Crippen LogP contribution in [-0.2, 0) is 16.1 Å². The first-order chi connectivity index (χ1) is 15.4. The Morgan fingerprint density at radius 1 is 1.19 bits per heavy atom. The van der Waals surface area contributed by atoms with E-state index in [1.165, 1.54) is 29.0 Å². The highest BCUT2D eigenvalue weighted by atomic mass is 35.5. The van der Waals surface area contributed by atoms with E-state index in [9.17, 15) is 19.5 Å². The average Bonchev–Trinajstić information content (AvgIpc) is 3.57. The van der Waals surface area contributed by atoms with Gasteiger partial charge in [0.25, 0.3) is 0 Å². The van der Waals surface area contributed by atoms with Gasteiger partial charge in [-0.25, -0.2) is 4.79 Å². The van der Waals surface area contributed by atoms with E-state index < -0.39 is 11.9 Å². The molecule has 2 aliphatic rings. The number of hydrogen-bond donors (Lipinski definition) is 3. The van der Waals surface area contributed by atoms with E-state index in [4.69, 9.17) is 16.3 Å². The second-order valence-electron chi connectivity index (χ2n) is 7.75. The van der Waals surface area contributed by atoms with E-state index >= 15 is 0 Å². The normalized spacial score (nSPS) is 15.2. The summed E-state index contributed by atoms with van der Waals surface area (Å²) in [4.78, 5) is 40.9. The SMILES string of the molecule is COc1cc(O)c(NC(=O)CN2C(=O)N(CC(=O)NC3CC3)Cc3ccccc32)cc1Cl. The summed E-state index contributed by atoms with van der Waals surface area (Å²) in [6.45, 7) is -0.115. The molecule has 0 aromatic heterocycles. The molecule has 3 N–H and O–H groups in total. The van der Waals surface area contributed by atoms with Gasteiger partial charge in [0.2, 0.25) is 11.8 Å². The largest absolute Gasteiger partial charge is 0.506 e. The fraction of sp³-hybridized carbons (Fsp3) is 0.318. The monoisotopic (exact) mass is 458 g/mol. The van der Waals surface area contributed by atoms with Gasteiger partial charge in [0.1, 0.15) is 24.6 Å². The van der Waals surface area contributed by atoms with E-state index in [2.05, 4.69) is 10.6 Å². The number of anilines is 2. The zero-order chi connectivity index (χ0) is 22.8. The Labute approximate surface area is 189 Å². The molecule has 10 heteroatoms. The molecule has 9 nitrogen and oxygen atoms in total. The molecule has 1 aliphatic heterocycles. The highest BCUT2D eigenvalue weighted by Crippen LogP contribution is 2.35. The average molecular weight is 459 g/mol. The maximum atomic E-state index is 13.1. The summed E-state index contributed by atoms with van der Waals surface area (Å²) in [6.07, 6.45) is 1.91. The van der Waals surface area contributed by atoms with E-state index in [0.29, 0.717) is 5.69 Å². The van der Waals surface area contributed by atoms with Gasteiger partial charge >= 0.3 is 6.03 Å². The number of nitrogens with zero attached hydrogens (tertiary/aromatic N) is 2. The second kappa shape index (κ2) is 8.96. The lowest BCUT2D eigenvalue weighted by Crippen LogP contribution is -2.52. The maximum absolute atomic E-state index is 13.1. The first kappa shape index (κ1) is 21.8. The van der Waals surface area contributed by atoms with Crippen molar-refractivity contribution in [3.8, 4) is 11.5 Å². The number of phenolic OH excluding ortho intramolecular Hbond substituents is 1. The summed E-state index contributed by atoms with van der Waals surface area (Å²) >= 11 is 6.08. The first-order valence-electron chi connectivity index (χ1n) is 10.2. The van der Waals surface area contributed by atoms with Gasteiger partial charge in [-0.2, -0.15) is 0 Å². The standard InChI is InChI=1S/C22H23ClN4O5/c1-32-19-9-18(28)16(8-15(19)23)25-21(30)12-27-17-5-3-2-4-13(17)10-26(22(27)31)11-20(29)24-14-6-7-14/h2-5,8-9,14,28H,6-7,10-12H2,1H3,(H,24,29)(H,25,30). The number of methoxy groups -OCH3 is 1. The number of aromatic hydroxyl groups is 1. The third-order valence-electron chi connectivity index (χ3n) is 5.27. The maximum Gasteiger partial charge on any atom is 0.325 e. The summed E-state index contributed by atoms with van der Waals surface area (Å²) in [5, 5.41) is 15.8. The van der Waals surface area contributed by atoms with E-state index in [1.807, 2.05) is 12.1 Å². The smallest absolute Gasteiger partial charge is 0.325 e. The number of hydrogen-bond acceptors (Lipinski definition) is 5. The Hall–Kier alpha value is -3.46. The van der Waals surface area contributed by atoms with Gasteiger partial charge in [0.15, 0.2) is 0 Å². The predicted molar refractivity (Wildman–Crippen MR) is 119 cm³/mol. The highest BCUT2D eigenvalue weighted by Gasteiger charge is 2.33. The van der Waals surface area contributed by atoms with Gasteiger partial charge in [0, 0.05) is 12.1 Å². The molecule has 32 heavy (non-hydrogen) atoms. The predicted octanol–water partition coefficient (Wildman–Crippen LogP) is 2.71. The Morgan fingerprint density at radius 3 is 2.66 bits per heavy atom. The zero-order valence-corrected chi connectivity index (χ0v) is 18.2. The number of phenols is 1. The Balaban J connectivity index is 1.50. The van der Waals surface area contributed by atoms with Gasteiger partial charge in [-0.3, -0.25) is 14.5 Å². The molecule has 0 saturated heterocycles. The van der Waals surface area contributed by atoms with E-state index in [1.54, 1.807) is 12.1 Å². The molecule has 0 bridgehead atoms. The number of carbonyl (C=O) groups excluding carboxylic acids is 3. The molecule has 4 rings (SSSR count). The van der Waals surface area contributed by atoms with Crippen LogP contribution >= 0.6 is 11.6 Å². The second-order valence-corrected chi connectivity index (χ2v) is 8.15. The van der Waals surface area contributed by atoms with Crippen molar-refractivity contribution in [1.29, 1.82) is 0 Å². The highest BCUT2D eigenvalue weighted by molar-refractivity contribution is 6.32. The fourth-order valence-electron chi connectivity index (χ4n) is 3.54. The minimum absolute atomic E-state index is 0.0866. The van der Waals surface area contributed by atoms with Gasteiger partial charge < -0.3 is 25.4 Å². The van der Waals surface area contributed by atoms with Crippen molar-refractivity contribution < 1.29 is 24.2 Å². The van der Waals surface area contributed by atoms with Crippen LogP contribution in [0.5, 0.6) is 11.5 Å². The zero-order valence-electron chi connectivity index (χ0n) is 17.4. The van der Waals surface area contributed by atoms with Crippen LogP contribution in [0, 0.1) is 0 Å². The topological polar surface area (TPSA) is 111 Å². The molecule has 0 atom stereocenters. The minimum Gasteiger partial charge on any atom is -0.506 e. The van der Waals surface area contributed by atoms with Gasteiger partial charge in [0.05, 0.1) is 30.1 Å². The molecule has 1 fully saturated rings. The number of halogens is 1. The van der Waals surface area contributed by atoms with Gasteiger partial charge in [-0.05, 0) is 30.5 Å². The minimum atomic E-state index is -0.533. The lowest BCUT2D eigenvalue weighted by Gasteiger charge is -2.36. The molecule has 2 aromatic carbocycles. The summed E-state index contributed by atoms with van der Waals surface area (Å²) in [7, 11) is 1.41. The third-order valence-corrected chi connectivity index (χ3v) is 5.56. The summed E-state index contributed by atoms with van der Waals surface area (Å²) in [5.74, 6) is -0.706. The lowest BCUT2D eigenvalue weighted by molar-refractivity contribution is -0.121. The molecule has 0 radical (unpaired) electrons. The number of rotatable bonds is 7. The molecule has 1 aliphatic carbocycles. The number of nitrogens with one attached hydrogen (secondary N) is 2. The number of benzene rings is 2. The van der Waals surface area contributed by atoms with Crippen LogP contribution in [0.2, 0.25) is 5.02 Å². The fourth-order valence-corrected chi connectivity index (χ4v) is 3.78. The van der Waals surface area contributed by atoms with Crippen molar-refractivity contribution in [2.24, 2.45) is 0 Å². The van der Waals surface area contributed by atoms with Crippen molar-refractivity contribution >= 4 is 40.8 Å². The van der Waals surface area contributed by atoms with Crippen LogP contribution < -0.4 is 20.3 Å². The number of carbonyl (C=O) groups is 3. The van der Waals surface area contributed by atoms with E-state index in [-0.39, 0.29) is 53.8 Å². The van der Waals surface area contributed by atoms with Crippen LogP contribution in [0.3, 0.4) is 0 Å². The van der Waals surface area contributed by atoms with Crippen LogP contribution in [0.15, 0.2) is 36.4 Å². The molecule has 1 heterocycles. The van der Waals surface area contributed by atoms with Crippen LogP contribution in [0.4, 0.5) is 16.2 Å². The number of urea groups is 1. The Morgan fingerprint density at radius 2 is 1.94 bits per heavy atom. The van der Waals surface area contributed by atoms with Crippen molar-refractivity contribution in [2.45, 2.75) is 25.4 Å². The molecule has 0 spiro atoms. The third kappa shape index (κ3) is 4.72. The molecule has 1 saturated carbocycles. The van der Waals surface area contributed by atoms with Crippen LogP contribution in [0.25, 0.3) is 0 Å². The van der Waals surface area contributed by atoms with Crippen LogP contribution in [-0.4, -0.2) is 54.1 Å². The van der Waals surface area contributed by atoms with Crippen LogP contribution in [0.1, 0.15) is 18.4 Å². The number of amides is 4. The van der Waals surface area contributed by atoms with Crippen molar-refractivity contribution in [1.82, 2.24) is 10.2 Å².